The van der Waals surface area contributed by atoms with Crippen molar-refractivity contribution < 1.29 is 0 Å². The van der Waals surface area contributed by atoms with Crippen molar-refractivity contribution in [3.8, 4) is 0 Å². The molecule has 102 valence electrons. The normalized spacial score (nSPS) is 16.0. The minimum atomic E-state index is 0.227. The smallest absolute Gasteiger partial charge is 0.116 e. The van der Waals surface area contributed by atoms with Crippen LogP contribution in [0.25, 0.3) is 0 Å². The Labute approximate surface area is 130 Å². The van der Waals surface area contributed by atoms with Crippen LogP contribution < -0.4 is 5.32 Å². The number of nitrogens with zero attached hydrogens (tertiary/aromatic N) is 1. The van der Waals surface area contributed by atoms with E-state index in [1.807, 2.05) is 11.3 Å². The molecule has 1 aliphatic carbocycles. The van der Waals surface area contributed by atoms with Crippen LogP contribution in [0, 0.1) is 0 Å². The average Bonchev–Trinajstić information content (AvgIpc) is 3.00. The molecule has 0 saturated heterocycles. The molecule has 0 aliphatic heterocycles. The van der Waals surface area contributed by atoms with Crippen molar-refractivity contribution >= 4 is 38.6 Å². The lowest BCUT2D eigenvalue weighted by Gasteiger charge is -2.18. The second-order valence-electron chi connectivity index (χ2n) is 5.16. The molecule has 1 atom stereocenters. The van der Waals surface area contributed by atoms with Gasteiger partial charge in [0.05, 0.1) is 11.7 Å². The zero-order chi connectivity index (χ0) is 13.4. The minimum Gasteiger partial charge on any atom is -0.301 e. The molecule has 2 aromatic heterocycles. The van der Waals surface area contributed by atoms with Gasteiger partial charge in [-0.2, -0.15) is 0 Å². The van der Waals surface area contributed by atoms with Crippen molar-refractivity contribution in [2.45, 2.75) is 45.2 Å². The Hall–Kier alpha value is -0.230. The van der Waals surface area contributed by atoms with Crippen molar-refractivity contribution in [2.75, 3.05) is 0 Å². The molecule has 0 aromatic carbocycles. The van der Waals surface area contributed by atoms with Gasteiger partial charge in [0.15, 0.2) is 0 Å². The highest BCUT2D eigenvalue weighted by Gasteiger charge is 2.25. The zero-order valence-corrected chi connectivity index (χ0v) is 14.3. The number of hydrogen-bond acceptors (Lipinski definition) is 4. The quantitative estimate of drug-likeness (QED) is 0.869. The average molecular weight is 357 g/mol. The Morgan fingerprint density at radius 1 is 1.37 bits per heavy atom. The lowest BCUT2D eigenvalue weighted by atomic mass is 10.2. The van der Waals surface area contributed by atoms with Crippen LogP contribution in [0.4, 0.5) is 0 Å². The van der Waals surface area contributed by atoms with Gasteiger partial charge in [-0.15, -0.1) is 22.7 Å². The van der Waals surface area contributed by atoms with Gasteiger partial charge >= 0.3 is 0 Å². The first-order valence-corrected chi connectivity index (χ1v) is 9.11. The predicted octanol–water partition coefficient (Wildman–Crippen LogP) is 4.54. The summed E-state index contributed by atoms with van der Waals surface area (Å²) >= 11 is 7.34. The predicted molar refractivity (Wildman–Crippen MR) is 86.3 cm³/mol. The van der Waals surface area contributed by atoms with Gasteiger partial charge in [0.25, 0.3) is 0 Å². The molecule has 5 heteroatoms. The van der Waals surface area contributed by atoms with E-state index < -0.39 is 0 Å². The fourth-order valence-electron chi connectivity index (χ4n) is 2.44. The molecule has 0 fully saturated rings. The zero-order valence-electron chi connectivity index (χ0n) is 11.1. The molecule has 1 unspecified atom stereocenters. The molecular weight excluding hydrogens is 340 g/mol. The largest absolute Gasteiger partial charge is 0.301 e. The van der Waals surface area contributed by atoms with Gasteiger partial charge in [0.1, 0.15) is 5.01 Å². The minimum absolute atomic E-state index is 0.227. The van der Waals surface area contributed by atoms with E-state index in [9.17, 15) is 0 Å². The van der Waals surface area contributed by atoms with E-state index in [-0.39, 0.29) is 6.04 Å². The summed E-state index contributed by atoms with van der Waals surface area (Å²) in [5, 5.41) is 7.01. The lowest BCUT2D eigenvalue weighted by Crippen LogP contribution is -2.28. The molecule has 0 amide bonds. The summed E-state index contributed by atoms with van der Waals surface area (Å²) in [6.45, 7) is 4.38. The highest BCUT2D eigenvalue weighted by atomic mass is 79.9. The highest BCUT2D eigenvalue weighted by Crippen LogP contribution is 2.38. The Kier molecular flexibility index (Phi) is 4.08. The summed E-state index contributed by atoms with van der Waals surface area (Å²) < 4.78 is 1.19. The van der Waals surface area contributed by atoms with E-state index >= 15 is 0 Å². The van der Waals surface area contributed by atoms with Gasteiger partial charge in [-0.05, 0) is 60.5 Å². The number of fused-ring (bicyclic) bond motifs is 1. The van der Waals surface area contributed by atoms with Gasteiger partial charge < -0.3 is 5.32 Å². The van der Waals surface area contributed by atoms with E-state index in [1.165, 1.54) is 37.8 Å². The van der Waals surface area contributed by atoms with Crippen LogP contribution >= 0.6 is 38.6 Å². The summed E-state index contributed by atoms with van der Waals surface area (Å²) in [6, 6.07) is 2.79. The number of thiazole rings is 1. The SMILES string of the molecule is CC(C)NC(c1nc2c(s1)CCC2)c1sccc1Br. The molecule has 2 heterocycles. The second-order valence-corrected chi connectivity index (χ2v) is 8.08. The highest BCUT2D eigenvalue weighted by molar-refractivity contribution is 9.10. The molecule has 0 saturated carbocycles. The third-order valence-electron chi connectivity index (χ3n) is 3.27. The first-order chi connectivity index (χ1) is 9.15. The van der Waals surface area contributed by atoms with Crippen molar-refractivity contribution in [3.63, 3.8) is 0 Å². The van der Waals surface area contributed by atoms with Crippen LogP contribution in [0.15, 0.2) is 15.9 Å². The topological polar surface area (TPSA) is 24.9 Å². The molecule has 0 spiro atoms. The first kappa shape index (κ1) is 13.7. The Bertz CT molecular complexity index is 552. The maximum atomic E-state index is 4.88. The Morgan fingerprint density at radius 3 is 2.84 bits per heavy atom. The fraction of sp³-hybridized carbons (Fsp3) is 0.500. The first-order valence-electron chi connectivity index (χ1n) is 6.62. The van der Waals surface area contributed by atoms with Crippen LogP contribution in [0.5, 0.6) is 0 Å². The standard InChI is InChI=1S/C14H17BrN2S2/c1-8(2)16-12(13-9(15)6-7-18-13)14-17-10-4-3-5-11(10)19-14/h6-8,12,16H,3-5H2,1-2H3. The van der Waals surface area contributed by atoms with E-state index in [0.717, 1.165) is 6.42 Å². The maximum absolute atomic E-state index is 4.88. The van der Waals surface area contributed by atoms with E-state index in [4.69, 9.17) is 4.98 Å². The monoisotopic (exact) mass is 356 g/mol. The van der Waals surface area contributed by atoms with Gasteiger partial charge in [0.2, 0.25) is 0 Å². The summed E-state index contributed by atoms with van der Waals surface area (Å²) in [7, 11) is 0. The van der Waals surface area contributed by atoms with Crippen molar-refractivity contribution in [1.29, 1.82) is 0 Å². The molecule has 2 aromatic rings. The van der Waals surface area contributed by atoms with Gasteiger partial charge in [-0.1, -0.05) is 0 Å². The van der Waals surface area contributed by atoms with Gasteiger partial charge in [-0.3, -0.25) is 0 Å². The second kappa shape index (κ2) is 5.64. The molecule has 19 heavy (non-hydrogen) atoms. The van der Waals surface area contributed by atoms with Crippen LogP contribution in [0.2, 0.25) is 0 Å². The number of rotatable bonds is 4. The maximum Gasteiger partial charge on any atom is 0.116 e. The summed E-state index contributed by atoms with van der Waals surface area (Å²) in [4.78, 5) is 7.72. The van der Waals surface area contributed by atoms with Crippen LogP contribution in [-0.4, -0.2) is 11.0 Å². The molecule has 0 radical (unpaired) electrons. The molecule has 3 rings (SSSR count). The molecule has 2 nitrogen and oxygen atoms in total. The van der Waals surface area contributed by atoms with Gasteiger partial charge in [-0.25, -0.2) is 4.98 Å². The van der Waals surface area contributed by atoms with Crippen LogP contribution in [0.3, 0.4) is 0 Å². The van der Waals surface area contributed by atoms with Crippen molar-refractivity contribution in [1.82, 2.24) is 10.3 Å². The molecular formula is C14H17BrN2S2. The number of aromatic nitrogens is 1. The number of thiophene rings is 1. The van der Waals surface area contributed by atoms with E-state index in [1.54, 1.807) is 11.3 Å². The van der Waals surface area contributed by atoms with Crippen LogP contribution in [0.1, 0.15) is 46.8 Å². The molecule has 1 aliphatic rings. The van der Waals surface area contributed by atoms with Crippen LogP contribution in [-0.2, 0) is 12.8 Å². The Morgan fingerprint density at radius 2 is 2.21 bits per heavy atom. The molecule has 1 N–H and O–H groups in total. The van der Waals surface area contributed by atoms with E-state index in [0.29, 0.717) is 6.04 Å². The van der Waals surface area contributed by atoms with Gasteiger partial charge in [0, 0.05) is 20.3 Å². The third kappa shape index (κ3) is 2.79. The van der Waals surface area contributed by atoms with Crippen molar-refractivity contribution in [2.24, 2.45) is 0 Å². The fourth-order valence-corrected chi connectivity index (χ4v) is 5.40. The summed E-state index contributed by atoms with van der Waals surface area (Å²) in [5.74, 6) is 0. The number of halogens is 1. The summed E-state index contributed by atoms with van der Waals surface area (Å²) in [5.41, 5.74) is 1.34. The number of hydrogen-bond donors (Lipinski definition) is 1. The van der Waals surface area contributed by atoms with E-state index in [2.05, 4.69) is 46.5 Å². The third-order valence-corrected chi connectivity index (χ3v) is 6.42. The molecule has 0 bridgehead atoms. The van der Waals surface area contributed by atoms with Crippen molar-refractivity contribution in [3.05, 3.63) is 36.4 Å². The Balaban J connectivity index is 1.96. The lowest BCUT2D eigenvalue weighted by molar-refractivity contribution is 0.530. The summed E-state index contributed by atoms with van der Waals surface area (Å²) in [6.07, 6.45) is 3.65. The number of nitrogens with one attached hydrogen (secondary N) is 1. The number of aryl methyl sites for hydroxylation is 2.